The molecule has 1 aliphatic heterocycles. The van der Waals surface area contributed by atoms with Crippen LogP contribution in [0.4, 0.5) is 0 Å². The van der Waals surface area contributed by atoms with Crippen molar-refractivity contribution in [1.82, 2.24) is 85.1 Å². The molecular weight excluding hydrogens is 1610 g/mol. The van der Waals surface area contributed by atoms with Gasteiger partial charge in [0.25, 0.3) is 0 Å². The minimum atomic E-state index is -2.28. The Morgan fingerprint density at radius 1 is 0.426 bits per heavy atom. The Labute approximate surface area is 695 Å². The average Bonchev–Trinajstić information content (AvgIpc) is 1.05. The number of hydrogen-bond acceptors (Lipinski definition) is 24. The van der Waals surface area contributed by atoms with Crippen LogP contribution in [0.2, 0.25) is 0 Å². The van der Waals surface area contributed by atoms with Crippen LogP contribution in [0.25, 0.3) is 0 Å². The number of nitrogens with one attached hydrogen (secondary N) is 17. The van der Waals surface area contributed by atoms with Crippen LogP contribution in [0, 0.1) is 11.3 Å². The van der Waals surface area contributed by atoms with Gasteiger partial charge >= 0.3 is 23.9 Å². The second-order valence-corrected chi connectivity index (χ2v) is 28.3. The number of aliphatic carboxylic acids is 4. The zero-order chi connectivity index (χ0) is 91.0. The molecule has 0 bridgehead atoms. The molecule has 0 radical (unpaired) electrons. The van der Waals surface area contributed by atoms with Crippen molar-refractivity contribution in [3.63, 3.8) is 0 Å². The van der Waals surface area contributed by atoms with E-state index in [0.29, 0.717) is 16.7 Å². The maximum Gasteiger partial charge on any atom is 0.326 e. The van der Waals surface area contributed by atoms with Gasteiger partial charge in [-0.15, -0.1) is 0 Å². The quantitative estimate of drug-likeness (QED) is 0.0142. The van der Waals surface area contributed by atoms with E-state index in [-0.39, 0.29) is 57.2 Å². The molecule has 1 saturated heterocycles. The number of aromatic hydroxyl groups is 1. The second-order valence-electron chi connectivity index (χ2n) is 28.3. The summed E-state index contributed by atoms with van der Waals surface area (Å²) < 4.78 is 0. The first kappa shape index (κ1) is 99.9. The molecule has 664 valence electrons. The zero-order valence-electron chi connectivity index (χ0n) is 66.4. The molecule has 122 heavy (non-hydrogen) atoms. The van der Waals surface area contributed by atoms with E-state index < -0.39 is 279 Å². The highest BCUT2D eigenvalue weighted by molar-refractivity contribution is 6.02. The molecule has 3 aromatic carbocycles. The first-order valence-corrected chi connectivity index (χ1v) is 38.0. The predicted octanol–water partition coefficient (Wildman–Crippen LogP) is -9.28. The highest BCUT2D eigenvalue weighted by atomic mass is 16.4. The number of aliphatic hydroxyl groups excluding tert-OH is 1. The van der Waals surface area contributed by atoms with Crippen molar-refractivity contribution >= 4 is 130 Å². The van der Waals surface area contributed by atoms with E-state index in [1.165, 1.54) is 45.0 Å². The van der Waals surface area contributed by atoms with E-state index in [0.717, 1.165) is 0 Å². The summed E-state index contributed by atoms with van der Waals surface area (Å²) in [5.41, 5.74) is 17.4. The van der Waals surface area contributed by atoms with Gasteiger partial charge in [0.1, 0.15) is 84.3 Å². The monoisotopic (exact) mass is 1710 g/mol. The molecule has 13 atom stereocenters. The molecular formula is C75H102N20O27. The Balaban J connectivity index is 1.53. The SMILES string of the molecule is CC(NC(=O)C(CO)NC(=O)C(Cc1ccccc1)NC(=O)C(Cc1ccccc1)NC(=O)CNC(=O)C(CCC(=O)O)NC(=O)C(CCC(=O)O)NC(=O)C(CC(N)=O)NC(=O)C(CC(=O)O)NC(=O)C(CC(N)=O)NC(=O)C(NC(=O)CNC(=O)C1CCC(=O)N1)C(C)C)C(=O)NC(CCCNC(=N)N)C(=O)NC(Cc1ccc(O)cc1)C(=O)O. The maximum atomic E-state index is 14.6. The topological polar surface area (TPSA) is 774 Å². The van der Waals surface area contributed by atoms with Crippen LogP contribution in [0.15, 0.2) is 84.9 Å². The van der Waals surface area contributed by atoms with E-state index in [1.54, 1.807) is 60.7 Å². The number of carbonyl (C=O) groups excluding carboxylic acids is 17. The predicted molar refractivity (Wildman–Crippen MR) is 420 cm³/mol. The second kappa shape index (κ2) is 50.4. The van der Waals surface area contributed by atoms with Crippen molar-refractivity contribution in [2.45, 2.75) is 189 Å². The van der Waals surface area contributed by atoms with Crippen LogP contribution in [-0.2, 0) is 120 Å². The molecule has 3 aromatic rings. The van der Waals surface area contributed by atoms with Gasteiger partial charge < -0.3 is 133 Å². The van der Waals surface area contributed by atoms with Crippen molar-refractivity contribution in [1.29, 1.82) is 5.41 Å². The molecule has 47 heteroatoms. The van der Waals surface area contributed by atoms with Crippen molar-refractivity contribution in [3.8, 4) is 5.75 Å². The lowest BCUT2D eigenvalue weighted by atomic mass is 10.0. The van der Waals surface area contributed by atoms with Gasteiger partial charge in [0.05, 0.1) is 39.0 Å². The van der Waals surface area contributed by atoms with Crippen molar-refractivity contribution < 1.29 is 131 Å². The van der Waals surface area contributed by atoms with Crippen LogP contribution in [0.5, 0.6) is 5.75 Å². The van der Waals surface area contributed by atoms with Gasteiger partial charge in [0.15, 0.2) is 5.96 Å². The number of hydrogen-bond donors (Lipinski definition) is 26. The molecule has 0 aromatic heterocycles. The summed E-state index contributed by atoms with van der Waals surface area (Å²) in [6.07, 6.45) is -7.87. The molecule has 47 nitrogen and oxygen atoms in total. The summed E-state index contributed by atoms with van der Waals surface area (Å²) in [7, 11) is 0. The zero-order valence-corrected chi connectivity index (χ0v) is 66.4. The smallest absolute Gasteiger partial charge is 0.326 e. The van der Waals surface area contributed by atoms with Gasteiger partial charge in [-0.05, 0) is 73.8 Å². The third-order valence-electron chi connectivity index (χ3n) is 18.1. The molecule has 0 saturated carbocycles. The summed E-state index contributed by atoms with van der Waals surface area (Å²) in [5.74, 6) is -27.4. The normalized spacial score (nSPS) is 15.0. The third-order valence-corrected chi connectivity index (χ3v) is 18.1. The summed E-state index contributed by atoms with van der Waals surface area (Å²) >= 11 is 0. The largest absolute Gasteiger partial charge is 0.508 e. The molecule has 29 N–H and O–H groups in total. The van der Waals surface area contributed by atoms with E-state index in [4.69, 9.17) is 22.6 Å². The lowest BCUT2D eigenvalue weighted by Crippen LogP contribution is -2.61. The number of aliphatic hydroxyl groups is 1. The number of primary amides is 2. The van der Waals surface area contributed by atoms with Gasteiger partial charge in [-0.25, -0.2) is 4.79 Å². The fraction of sp³-hybridized carbons (Fsp3) is 0.467. The van der Waals surface area contributed by atoms with Gasteiger partial charge in [-0.3, -0.25) is 101 Å². The van der Waals surface area contributed by atoms with Gasteiger partial charge in [0, 0.05) is 45.1 Å². The number of carboxylic acids is 4. The van der Waals surface area contributed by atoms with Crippen LogP contribution < -0.4 is 102 Å². The van der Waals surface area contributed by atoms with E-state index in [9.17, 15) is 131 Å². The highest BCUT2D eigenvalue weighted by Crippen LogP contribution is 2.15. The minimum Gasteiger partial charge on any atom is -0.508 e. The Morgan fingerprint density at radius 3 is 1.28 bits per heavy atom. The Morgan fingerprint density at radius 2 is 0.820 bits per heavy atom. The van der Waals surface area contributed by atoms with Gasteiger partial charge in [-0.1, -0.05) is 86.6 Å². The maximum absolute atomic E-state index is 14.6. The van der Waals surface area contributed by atoms with Crippen molar-refractivity contribution in [2.75, 3.05) is 26.2 Å². The molecule has 0 aliphatic carbocycles. The summed E-state index contributed by atoms with van der Waals surface area (Å²) in [6.45, 7) is 1.20. The minimum absolute atomic E-state index is 0.0293. The molecule has 17 amide bonds. The molecule has 0 spiro atoms. The molecule has 13 unspecified atom stereocenters. The van der Waals surface area contributed by atoms with Gasteiger partial charge in [-0.2, -0.15) is 0 Å². The first-order valence-electron chi connectivity index (χ1n) is 38.0. The Kier molecular flexibility index (Phi) is 41.2. The fourth-order valence-corrected chi connectivity index (χ4v) is 11.7. The summed E-state index contributed by atoms with van der Waals surface area (Å²) in [6, 6.07) is -1.56. The molecule has 1 heterocycles. The number of amides is 17. The summed E-state index contributed by atoms with van der Waals surface area (Å²) in [5, 5.41) is 103. The van der Waals surface area contributed by atoms with Gasteiger partial charge in [0.2, 0.25) is 100 Å². The Hall–Kier alpha value is -14.4. The standard InChI is InChI=1S/C75H102N20O27/c1-36(2)61(95-57(102)34-82-63(110)43-20-23-55(100)84-43)73(120)92-49(31-54(77)99)70(117)91-50(32-60(107)108)71(118)90-48(30-53(76)98)69(116)88-45(22-25-59(105)106)66(113)87-44(21-24-58(103)104)64(111)81-33-56(101)85-46(27-38-11-6-4-7-12-38)67(114)89-47(28-39-13-8-5-9-14-39)68(115)94-52(35-96)72(119)83-37(3)62(109)86-42(15-10-26-80-75(78)79)65(112)93-51(74(121)122)29-40-16-18-41(97)19-17-40/h4-9,11-14,16-19,36-37,42-52,61,96-97H,10,15,20-35H2,1-3H3,(H2,76,98)(H2,77,99)(H,81,111)(H,82,110)(H,83,119)(H,84,100)(H,85,101)(H,86,109)(H,87,113)(H,88,116)(H,89,114)(H,90,118)(H,91,117)(H,92,120)(H,93,112)(H,94,115)(H,95,102)(H,103,104)(H,105,106)(H,107,108)(H,121,122)(H4,78,79,80). The third kappa shape index (κ3) is 36.6. The number of guanidine groups is 1. The molecule has 1 aliphatic rings. The van der Waals surface area contributed by atoms with E-state index in [2.05, 4.69) is 74.4 Å². The Bertz CT molecular complexity index is 4290. The number of rotatable bonds is 53. The summed E-state index contributed by atoms with van der Waals surface area (Å²) in [4.78, 5) is 278. The molecule has 1 fully saturated rings. The molecule has 4 rings (SSSR count). The lowest BCUT2D eigenvalue weighted by molar-refractivity contribution is -0.142. The number of phenolic OH excluding ortho intramolecular Hbond substituents is 1. The van der Waals surface area contributed by atoms with E-state index in [1.807, 2.05) is 10.6 Å². The lowest BCUT2D eigenvalue weighted by Gasteiger charge is -2.27. The number of carbonyl (C=O) groups is 21. The number of nitrogens with two attached hydrogens (primary N) is 3. The van der Waals surface area contributed by atoms with E-state index >= 15 is 0 Å². The average molecular weight is 1720 g/mol. The van der Waals surface area contributed by atoms with Crippen LogP contribution in [-0.4, -0.2) is 266 Å². The van der Waals surface area contributed by atoms with Crippen LogP contribution >= 0.6 is 0 Å². The number of carboxylic acid groups (broad SMARTS) is 4. The fourth-order valence-electron chi connectivity index (χ4n) is 11.7. The first-order chi connectivity index (χ1) is 57.5. The number of benzene rings is 3. The number of phenols is 1. The van der Waals surface area contributed by atoms with Crippen LogP contribution in [0.1, 0.15) is 108 Å². The van der Waals surface area contributed by atoms with Crippen molar-refractivity contribution in [3.05, 3.63) is 102 Å². The highest BCUT2D eigenvalue weighted by Gasteiger charge is 2.39. The van der Waals surface area contributed by atoms with Crippen molar-refractivity contribution in [2.24, 2.45) is 23.1 Å². The van der Waals surface area contributed by atoms with Crippen LogP contribution in [0.3, 0.4) is 0 Å².